The number of esters is 1. The summed E-state index contributed by atoms with van der Waals surface area (Å²) >= 11 is 0. The number of aliphatic hydroxyl groups is 1. The highest BCUT2D eigenvalue weighted by molar-refractivity contribution is 5.94. The second-order valence-corrected chi connectivity index (χ2v) is 8.15. The third kappa shape index (κ3) is 3.83. The van der Waals surface area contributed by atoms with E-state index in [-0.39, 0.29) is 12.6 Å². The molecule has 0 spiro atoms. The summed E-state index contributed by atoms with van der Waals surface area (Å²) < 4.78 is 11.8. The summed E-state index contributed by atoms with van der Waals surface area (Å²) in [7, 11) is 1.67. The molecule has 0 saturated heterocycles. The summed E-state index contributed by atoms with van der Waals surface area (Å²) in [5.41, 5.74) is 6.82. The smallest absolute Gasteiger partial charge is 0.419 e. The largest absolute Gasteiger partial charge is 0.457 e. The second-order valence-electron chi connectivity index (χ2n) is 8.15. The van der Waals surface area contributed by atoms with Crippen molar-refractivity contribution in [3.63, 3.8) is 0 Å². The molecule has 168 valence electrons. The number of hydrogen-bond donors (Lipinski definition) is 2. The lowest BCUT2D eigenvalue weighted by atomic mass is 9.95. The van der Waals surface area contributed by atoms with Crippen LogP contribution in [0.15, 0.2) is 57.7 Å². The van der Waals surface area contributed by atoms with Gasteiger partial charge in [0.15, 0.2) is 5.58 Å². The van der Waals surface area contributed by atoms with Crippen LogP contribution < -0.4 is 11.1 Å². The lowest BCUT2D eigenvalue weighted by Gasteiger charge is -2.16. The van der Waals surface area contributed by atoms with Crippen molar-refractivity contribution in [1.82, 2.24) is 14.9 Å². The first kappa shape index (κ1) is 21.1. The molecule has 8 heteroatoms. The summed E-state index contributed by atoms with van der Waals surface area (Å²) in [6.45, 7) is 2.97. The SMILES string of the molecule is Cc1c([C@@H](O)CNCc2cccc(-c3ccc4oc(=O)n(C)c4c3)n2)ccc2c1COC2=O. The third-order valence-corrected chi connectivity index (χ3v) is 6.10. The maximum atomic E-state index is 11.7. The standard InChI is InChI=1S/C25H23N3O5/c1-14-17(7-8-18-19(14)13-32-24(18)30)22(29)12-26-11-16-4-3-5-20(27-16)15-6-9-23-21(10-15)28(2)25(31)33-23/h3-10,22,26,29H,11-13H2,1-2H3/t22-/m0/s1. The number of benzene rings is 2. The number of oxazole rings is 1. The van der Waals surface area contributed by atoms with Gasteiger partial charge in [-0.15, -0.1) is 0 Å². The van der Waals surface area contributed by atoms with E-state index < -0.39 is 11.9 Å². The van der Waals surface area contributed by atoms with Crippen LogP contribution in [0.4, 0.5) is 0 Å². The molecule has 4 aromatic rings. The zero-order valence-corrected chi connectivity index (χ0v) is 18.3. The number of carbonyl (C=O) groups is 1. The van der Waals surface area contributed by atoms with Crippen molar-refractivity contribution in [2.45, 2.75) is 26.2 Å². The number of nitrogens with zero attached hydrogens (tertiary/aromatic N) is 2. The first-order valence-electron chi connectivity index (χ1n) is 10.7. The van der Waals surface area contributed by atoms with Gasteiger partial charge in [-0.05, 0) is 54.4 Å². The number of aromatic nitrogens is 2. The Kier molecular flexibility index (Phi) is 5.32. The van der Waals surface area contributed by atoms with E-state index in [1.54, 1.807) is 25.2 Å². The molecule has 2 aromatic heterocycles. The average molecular weight is 445 g/mol. The molecule has 33 heavy (non-hydrogen) atoms. The number of aryl methyl sites for hydroxylation is 1. The second kappa shape index (κ2) is 8.31. The van der Waals surface area contributed by atoms with Crippen molar-refractivity contribution in [3.8, 4) is 11.3 Å². The fourth-order valence-electron chi connectivity index (χ4n) is 4.20. The highest BCUT2D eigenvalue weighted by atomic mass is 16.5. The van der Waals surface area contributed by atoms with Crippen molar-refractivity contribution in [2.75, 3.05) is 6.54 Å². The molecule has 0 bridgehead atoms. The molecule has 1 aliphatic heterocycles. The van der Waals surface area contributed by atoms with Gasteiger partial charge in [0.25, 0.3) is 0 Å². The molecule has 3 heterocycles. The van der Waals surface area contributed by atoms with E-state index in [2.05, 4.69) is 5.32 Å². The Labute approximate surface area is 189 Å². The van der Waals surface area contributed by atoms with Gasteiger partial charge < -0.3 is 19.6 Å². The maximum absolute atomic E-state index is 11.7. The summed E-state index contributed by atoms with van der Waals surface area (Å²) in [5.74, 6) is -0.711. The molecule has 0 amide bonds. The minimum absolute atomic E-state index is 0.253. The van der Waals surface area contributed by atoms with E-state index in [9.17, 15) is 14.7 Å². The van der Waals surface area contributed by atoms with Gasteiger partial charge in [0.1, 0.15) is 6.61 Å². The van der Waals surface area contributed by atoms with Crippen LogP contribution in [0.25, 0.3) is 22.4 Å². The Morgan fingerprint density at radius 1 is 1.18 bits per heavy atom. The van der Waals surface area contributed by atoms with Crippen LogP contribution in [0.3, 0.4) is 0 Å². The molecule has 5 rings (SSSR count). The molecular weight excluding hydrogens is 422 g/mol. The van der Waals surface area contributed by atoms with Gasteiger partial charge in [-0.3, -0.25) is 9.55 Å². The van der Waals surface area contributed by atoms with Crippen LogP contribution in [0.1, 0.15) is 38.8 Å². The van der Waals surface area contributed by atoms with Crippen LogP contribution in [-0.2, 0) is 24.9 Å². The van der Waals surface area contributed by atoms with E-state index >= 15 is 0 Å². The van der Waals surface area contributed by atoms with Crippen LogP contribution in [0, 0.1) is 6.92 Å². The Hall–Kier alpha value is -3.75. The van der Waals surface area contributed by atoms with Crippen LogP contribution in [-0.4, -0.2) is 27.2 Å². The van der Waals surface area contributed by atoms with Crippen LogP contribution >= 0.6 is 0 Å². The van der Waals surface area contributed by atoms with Crippen LogP contribution in [0.2, 0.25) is 0 Å². The third-order valence-electron chi connectivity index (χ3n) is 6.10. The lowest BCUT2D eigenvalue weighted by Crippen LogP contribution is -2.22. The highest BCUT2D eigenvalue weighted by Gasteiger charge is 2.25. The van der Waals surface area contributed by atoms with E-state index in [1.807, 2.05) is 37.3 Å². The minimum Gasteiger partial charge on any atom is -0.457 e. The van der Waals surface area contributed by atoms with E-state index in [0.29, 0.717) is 29.8 Å². The summed E-state index contributed by atoms with van der Waals surface area (Å²) in [5, 5.41) is 13.9. The molecule has 0 aliphatic carbocycles. The molecular formula is C25H23N3O5. The quantitative estimate of drug-likeness (QED) is 0.440. The number of pyridine rings is 1. The summed E-state index contributed by atoms with van der Waals surface area (Å²) in [4.78, 5) is 28.2. The van der Waals surface area contributed by atoms with Crippen molar-refractivity contribution in [3.05, 3.63) is 87.0 Å². The molecule has 1 atom stereocenters. The topological polar surface area (TPSA) is 107 Å². The van der Waals surface area contributed by atoms with E-state index in [4.69, 9.17) is 14.1 Å². The fraction of sp³-hybridized carbons (Fsp3) is 0.240. The summed E-state index contributed by atoms with van der Waals surface area (Å²) in [6, 6.07) is 14.8. The predicted molar refractivity (Wildman–Crippen MR) is 122 cm³/mol. The zero-order valence-electron chi connectivity index (χ0n) is 18.3. The van der Waals surface area contributed by atoms with Crippen LogP contribution in [0.5, 0.6) is 0 Å². The van der Waals surface area contributed by atoms with E-state index in [0.717, 1.165) is 33.6 Å². The van der Waals surface area contributed by atoms with Gasteiger partial charge in [-0.1, -0.05) is 12.1 Å². The van der Waals surface area contributed by atoms with Gasteiger partial charge >= 0.3 is 11.7 Å². The monoisotopic (exact) mass is 445 g/mol. The molecule has 2 aromatic carbocycles. The number of hydrogen-bond acceptors (Lipinski definition) is 7. The highest BCUT2D eigenvalue weighted by Crippen LogP contribution is 2.29. The van der Waals surface area contributed by atoms with Gasteiger partial charge in [0.2, 0.25) is 0 Å². The first-order valence-corrected chi connectivity index (χ1v) is 10.7. The zero-order chi connectivity index (χ0) is 23.1. The predicted octanol–water partition coefficient (Wildman–Crippen LogP) is 3.00. The first-order chi connectivity index (χ1) is 15.9. The number of ether oxygens (including phenoxy) is 1. The van der Waals surface area contributed by atoms with Crippen molar-refractivity contribution in [2.24, 2.45) is 7.05 Å². The summed E-state index contributed by atoms with van der Waals surface area (Å²) in [6.07, 6.45) is -0.723. The number of cyclic esters (lactones) is 1. The molecule has 1 aliphatic rings. The lowest BCUT2D eigenvalue weighted by molar-refractivity contribution is 0.0535. The average Bonchev–Trinajstić information content (AvgIpc) is 3.33. The maximum Gasteiger partial charge on any atom is 0.419 e. The normalized spacial score (nSPS) is 13.8. The van der Waals surface area contributed by atoms with E-state index in [1.165, 1.54) is 4.57 Å². The molecule has 0 saturated carbocycles. The van der Waals surface area contributed by atoms with Gasteiger partial charge in [-0.25, -0.2) is 9.59 Å². The Morgan fingerprint density at radius 2 is 2.03 bits per heavy atom. The Balaban J connectivity index is 1.28. The molecule has 0 radical (unpaired) electrons. The van der Waals surface area contributed by atoms with Crippen molar-refractivity contribution < 1.29 is 19.1 Å². The molecule has 8 nitrogen and oxygen atoms in total. The molecule has 2 N–H and O–H groups in total. The van der Waals surface area contributed by atoms with Gasteiger partial charge in [0, 0.05) is 31.3 Å². The Bertz CT molecular complexity index is 1440. The fourth-order valence-corrected chi connectivity index (χ4v) is 4.20. The molecule has 0 fully saturated rings. The van der Waals surface area contributed by atoms with Crippen molar-refractivity contribution in [1.29, 1.82) is 0 Å². The van der Waals surface area contributed by atoms with Crippen molar-refractivity contribution >= 4 is 17.1 Å². The minimum atomic E-state index is -0.723. The van der Waals surface area contributed by atoms with Gasteiger partial charge in [-0.2, -0.15) is 0 Å². The number of fused-ring (bicyclic) bond motifs is 2. The Morgan fingerprint density at radius 3 is 2.88 bits per heavy atom. The molecule has 0 unspecified atom stereocenters. The number of rotatable bonds is 6. The number of carbonyl (C=O) groups excluding carboxylic acids is 1. The number of aliphatic hydroxyl groups excluding tert-OH is 1. The van der Waals surface area contributed by atoms with Gasteiger partial charge in [0.05, 0.1) is 28.6 Å². The number of nitrogens with one attached hydrogen (secondary N) is 1.